The highest BCUT2D eigenvalue weighted by molar-refractivity contribution is 7.92. The number of sulfonamides is 1. The first-order valence-electron chi connectivity index (χ1n) is 15.1. The van der Waals surface area contributed by atoms with Gasteiger partial charge in [0, 0.05) is 12.1 Å². The third-order valence-electron chi connectivity index (χ3n) is 9.42. The molecule has 4 saturated carbocycles. The predicted octanol–water partition coefficient (Wildman–Crippen LogP) is 5.39. The van der Waals surface area contributed by atoms with Gasteiger partial charge in [0.2, 0.25) is 21.8 Å². The van der Waals surface area contributed by atoms with Gasteiger partial charge in [-0.3, -0.25) is 13.9 Å². The molecule has 4 bridgehead atoms. The van der Waals surface area contributed by atoms with Crippen LogP contribution in [0.2, 0.25) is 0 Å². The maximum atomic E-state index is 13.8. The van der Waals surface area contributed by atoms with Crippen molar-refractivity contribution in [3.8, 4) is 0 Å². The van der Waals surface area contributed by atoms with Gasteiger partial charge in [-0.2, -0.15) is 0 Å². The van der Waals surface area contributed by atoms with Crippen LogP contribution >= 0.6 is 0 Å². The van der Waals surface area contributed by atoms with E-state index >= 15 is 0 Å². The first kappa shape index (κ1) is 30.5. The second-order valence-corrected chi connectivity index (χ2v) is 16.0. The second-order valence-electron chi connectivity index (χ2n) is 14.1. The Morgan fingerprint density at radius 3 is 1.95 bits per heavy atom. The van der Waals surface area contributed by atoms with Gasteiger partial charge in [0.05, 0.1) is 11.9 Å². The van der Waals surface area contributed by atoms with Gasteiger partial charge in [0.15, 0.2) is 0 Å². The van der Waals surface area contributed by atoms with Crippen LogP contribution in [0.4, 0.5) is 10.1 Å². The molecule has 228 valence electrons. The molecule has 0 aliphatic heterocycles. The Labute approximate surface area is 249 Å². The van der Waals surface area contributed by atoms with E-state index in [-0.39, 0.29) is 17.9 Å². The van der Waals surface area contributed by atoms with E-state index in [1.165, 1.54) is 61.1 Å². The summed E-state index contributed by atoms with van der Waals surface area (Å²) in [4.78, 5) is 28.3. The lowest BCUT2D eigenvalue weighted by molar-refractivity contribution is -0.140. The van der Waals surface area contributed by atoms with Gasteiger partial charge in [-0.25, -0.2) is 12.8 Å². The summed E-state index contributed by atoms with van der Waals surface area (Å²) in [6.45, 7) is 6.74. The number of nitrogens with one attached hydrogen (secondary N) is 1. The Balaban J connectivity index is 1.39. The molecule has 0 radical (unpaired) electrons. The minimum absolute atomic E-state index is 0.0282. The predicted molar refractivity (Wildman–Crippen MR) is 163 cm³/mol. The summed E-state index contributed by atoms with van der Waals surface area (Å²) in [6.07, 6.45) is 8.76. The molecule has 7 nitrogen and oxygen atoms in total. The molecule has 4 aliphatic carbocycles. The average molecular weight is 598 g/mol. The summed E-state index contributed by atoms with van der Waals surface area (Å²) in [5.74, 6) is 1.10. The zero-order valence-corrected chi connectivity index (χ0v) is 26.2. The summed E-state index contributed by atoms with van der Waals surface area (Å²) < 4.78 is 40.7. The normalized spacial score (nSPS) is 25.6. The molecule has 0 spiro atoms. The minimum atomic E-state index is -3.82. The fourth-order valence-corrected chi connectivity index (χ4v) is 8.75. The summed E-state index contributed by atoms with van der Waals surface area (Å²) in [5.41, 5.74) is 1.99. The van der Waals surface area contributed by atoms with E-state index in [0.29, 0.717) is 11.3 Å². The van der Waals surface area contributed by atoms with Crippen LogP contribution in [0.1, 0.15) is 77.3 Å². The van der Waals surface area contributed by atoms with Gasteiger partial charge in [-0.1, -0.05) is 24.3 Å². The first-order valence-corrected chi connectivity index (χ1v) is 16.9. The van der Waals surface area contributed by atoms with Gasteiger partial charge in [0.1, 0.15) is 18.4 Å². The molecule has 0 saturated heterocycles. The molecular weight excluding hydrogens is 553 g/mol. The molecule has 1 atom stereocenters. The molecule has 0 heterocycles. The van der Waals surface area contributed by atoms with E-state index in [9.17, 15) is 22.4 Å². The lowest BCUT2D eigenvalue weighted by Crippen LogP contribution is -2.54. The van der Waals surface area contributed by atoms with Gasteiger partial charge in [0.25, 0.3) is 0 Å². The molecule has 9 heteroatoms. The Morgan fingerprint density at radius 1 is 0.952 bits per heavy atom. The molecule has 2 amide bonds. The molecule has 42 heavy (non-hydrogen) atoms. The van der Waals surface area contributed by atoms with Crippen molar-refractivity contribution in [2.24, 2.45) is 17.8 Å². The summed E-state index contributed by atoms with van der Waals surface area (Å²) in [5, 5.41) is 2.90. The number of anilines is 1. The van der Waals surface area contributed by atoms with E-state index in [1.807, 2.05) is 32.9 Å². The van der Waals surface area contributed by atoms with Gasteiger partial charge in [-0.05, 0) is 125 Å². The van der Waals surface area contributed by atoms with Crippen LogP contribution in [0.15, 0.2) is 48.5 Å². The van der Waals surface area contributed by atoms with Crippen LogP contribution in [-0.2, 0) is 31.6 Å². The van der Waals surface area contributed by atoms with Crippen molar-refractivity contribution in [3.63, 3.8) is 0 Å². The molecule has 0 unspecified atom stereocenters. The smallest absolute Gasteiger partial charge is 0.244 e. The van der Waals surface area contributed by atoms with Crippen LogP contribution in [0, 0.1) is 23.6 Å². The fourth-order valence-electron chi connectivity index (χ4n) is 7.90. The van der Waals surface area contributed by atoms with Crippen LogP contribution in [-0.4, -0.2) is 49.5 Å². The van der Waals surface area contributed by atoms with Crippen molar-refractivity contribution in [2.75, 3.05) is 17.1 Å². The lowest BCUT2D eigenvalue weighted by atomic mass is 9.48. The number of halogens is 1. The SMILES string of the molecule is C[C@@H](C(=O)NC(C)(C)C)N(Cc1ccc(F)cc1)C(=O)CN(c1ccc(C23CC4CC(CC(C4)C2)C3)cc1)S(C)(=O)=O. The topological polar surface area (TPSA) is 86.8 Å². The maximum absolute atomic E-state index is 13.8. The van der Waals surface area contributed by atoms with Crippen molar-refractivity contribution >= 4 is 27.5 Å². The minimum Gasteiger partial charge on any atom is -0.350 e. The van der Waals surface area contributed by atoms with Crippen LogP contribution < -0.4 is 9.62 Å². The summed E-state index contributed by atoms with van der Waals surface area (Å²) in [6, 6.07) is 12.6. The zero-order chi connectivity index (χ0) is 30.4. The fraction of sp³-hybridized carbons (Fsp3) is 0.576. The number of carbonyl (C=O) groups excluding carboxylic acids is 2. The van der Waals surface area contributed by atoms with Gasteiger partial charge in [-0.15, -0.1) is 0 Å². The van der Waals surface area contributed by atoms with Crippen molar-refractivity contribution in [3.05, 3.63) is 65.5 Å². The Bertz CT molecular complexity index is 1380. The summed E-state index contributed by atoms with van der Waals surface area (Å²) in [7, 11) is -3.82. The van der Waals surface area contributed by atoms with Crippen molar-refractivity contribution in [2.45, 2.75) is 89.8 Å². The van der Waals surface area contributed by atoms with E-state index in [0.717, 1.165) is 28.3 Å². The third-order valence-corrected chi connectivity index (χ3v) is 10.6. The molecule has 2 aromatic carbocycles. The molecule has 4 aliphatic rings. The van der Waals surface area contributed by atoms with Crippen molar-refractivity contribution < 1.29 is 22.4 Å². The number of rotatable bonds is 9. The second kappa shape index (κ2) is 11.3. The van der Waals surface area contributed by atoms with E-state index < -0.39 is 39.9 Å². The molecule has 0 aromatic heterocycles. The third kappa shape index (κ3) is 6.66. The highest BCUT2D eigenvalue weighted by Crippen LogP contribution is 2.60. The molecule has 4 fully saturated rings. The van der Waals surface area contributed by atoms with E-state index in [2.05, 4.69) is 17.4 Å². The standard InChI is InChI=1S/C33H44FN3O4S/c1-22(31(39)35-32(2,3)4)36(20-23-6-10-28(34)11-7-23)30(38)21-37(42(5,40)41)29-12-8-27(9-13-29)33-17-24-14-25(18-33)16-26(15-24)19-33/h6-13,22,24-26H,14-21H2,1-5H3,(H,35,39)/t22-,24?,25?,26?,33?/m0/s1. The number of amides is 2. The van der Waals surface area contributed by atoms with Crippen LogP contribution in [0.3, 0.4) is 0 Å². The van der Waals surface area contributed by atoms with E-state index in [1.54, 1.807) is 19.1 Å². The average Bonchev–Trinajstić information content (AvgIpc) is 2.88. The summed E-state index contributed by atoms with van der Waals surface area (Å²) >= 11 is 0. The molecule has 6 rings (SSSR count). The monoisotopic (exact) mass is 597 g/mol. The number of nitrogens with zero attached hydrogens (tertiary/aromatic N) is 2. The Kier molecular flexibility index (Phi) is 8.20. The Morgan fingerprint density at radius 2 is 1.48 bits per heavy atom. The Hall–Kier alpha value is -2.94. The van der Waals surface area contributed by atoms with E-state index in [4.69, 9.17) is 0 Å². The van der Waals surface area contributed by atoms with Crippen LogP contribution in [0.25, 0.3) is 0 Å². The number of hydrogen-bond donors (Lipinski definition) is 1. The first-order chi connectivity index (χ1) is 19.6. The van der Waals surface area contributed by atoms with Gasteiger partial charge >= 0.3 is 0 Å². The van der Waals surface area contributed by atoms with Crippen molar-refractivity contribution in [1.82, 2.24) is 10.2 Å². The highest BCUT2D eigenvalue weighted by atomic mass is 32.2. The largest absolute Gasteiger partial charge is 0.350 e. The van der Waals surface area contributed by atoms with Gasteiger partial charge < -0.3 is 10.2 Å². The zero-order valence-electron chi connectivity index (χ0n) is 25.4. The van der Waals surface area contributed by atoms with Crippen molar-refractivity contribution in [1.29, 1.82) is 0 Å². The molecule has 1 N–H and O–H groups in total. The highest BCUT2D eigenvalue weighted by Gasteiger charge is 2.51. The molecular formula is C33H44FN3O4S. The quantitative estimate of drug-likeness (QED) is 0.420. The lowest BCUT2D eigenvalue weighted by Gasteiger charge is -2.57. The number of hydrogen-bond acceptors (Lipinski definition) is 4. The number of benzene rings is 2. The molecule has 2 aromatic rings. The van der Waals surface area contributed by atoms with Crippen LogP contribution in [0.5, 0.6) is 0 Å². The maximum Gasteiger partial charge on any atom is 0.244 e. The number of carbonyl (C=O) groups is 2.